The highest BCUT2D eigenvalue weighted by molar-refractivity contribution is 7.15. The van der Waals surface area contributed by atoms with Crippen molar-refractivity contribution < 1.29 is 9.72 Å². The van der Waals surface area contributed by atoms with E-state index in [1.165, 1.54) is 10.9 Å². The zero-order chi connectivity index (χ0) is 19.8. The highest BCUT2D eigenvalue weighted by Gasteiger charge is 2.28. The number of nitro benzene ring substituents is 1. The number of benzene rings is 1. The molecule has 8 nitrogen and oxygen atoms in total. The molecule has 1 aromatic carbocycles. The standard InChI is InChI=1S/C19H23N5O3S/c1-12-13(2)28-19(20-12)23-9-7-22(8-10-23)16-6-3-14(11-17(16)24(26)27)18(25)21-15-4-5-15/h3,6,11,15H,4-5,7-10H2,1-2H3,(H,21,25). The summed E-state index contributed by atoms with van der Waals surface area (Å²) >= 11 is 1.68. The van der Waals surface area contributed by atoms with Crippen molar-refractivity contribution in [2.75, 3.05) is 36.0 Å². The Balaban J connectivity index is 1.49. The van der Waals surface area contributed by atoms with Crippen LogP contribution < -0.4 is 15.1 Å². The fourth-order valence-corrected chi connectivity index (χ4v) is 4.27. The van der Waals surface area contributed by atoms with E-state index in [1.807, 2.05) is 11.8 Å². The van der Waals surface area contributed by atoms with Gasteiger partial charge in [-0.1, -0.05) is 0 Å². The van der Waals surface area contributed by atoms with Gasteiger partial charge in [-0.2, -0.15) is 0 Å². The fourth-order valence-electron chi connectivity index (χ4n) is 3.30. The Labute approximate surface area is 167 Å². The van der Waals surface area contributed by atoms with E-state index in [4.69, 9.17) is 0 Å². The van der Waals surface area contributed by atoms with Gasteiger partial charge in [0.05, 0.1) is 10.6 Å². The van der Waals surface area contributed by atoms with Crippen molar-refractivity contribution in [3.8, 4) is 0 Å². The summed E-state index contributed by atoms with van der Waals surface area (Å²) < 4.78 is 0. The summed E-state index contributed by atoms with van der Waals surface area (Å²) in [6.07, 6.45) is 1.96. The quantitative estimate of drug-likeness (QED) is 0.612. The van der Waals surface area contributed by atoms with Crippen molar-refractivity contribution in [1.82, 2.24) is 10.3 Å². The lowest BCUT2D eigenvalue weighted by Crippen LogP contribution is -2.46. The number of rotatable bonds is 5. The number of nitrogens with zero attached hydrogens (tertiary/aromatic N) is 4. The van der Waals surface area contributed by atoms with Gasteiger partial charge in [0.1, 0.15) is 5.69 Å². The number of aryl methyl sites for hydroxylation is 2. The van der Waals surface area contributed by atoms with E-state index < -0.39 is 4.92 Å². The molecule has 0 spiro atoms. The molecule has 2 aliphatic rings. The Hall–Kier alpha value is -2.68. The van der Waals surface area contributed by atoms with Gasteiger partial charge in [0.25, 0.3) is 11.6 Å². The topological polar surface area (TPSA) is 91.6 Å². The average molecular weight is 401 g/mol. The maximum Gasteiger partial charge on any atom is 0.293 e. The monoisotopic (exact) mass is 401 g/mol. The van der Waals surface area contributed by atoms with Crippen LogP contribution in [0.4, 0.5) is 16.5 Å². The number of hydrogen-bond donors (Lipinski definition) is 1. The molecule has 1 aliphatic heterocycles. The minimum atomic E-state index is -0.400. The van der Waals surface area contributed by atoms with Crippen LogP contribution in [-0.2, 0) is 0 Å². The smallest absolute Gasteiger partial charge is 0.293 e. The van der Waals surface area contributed by atoms with Crippen LogP contribution in [0.25, 0.3) is 0 Å². The van der Waals surface area contributed by atoms with E-state index in [-0.39, 0.29) is 17.6 Å². The van der Waals surface area contributed by atoms with Crippen molar-refractivity contribution in [1.29, 1.82) is 0 Å². The first kappa shape index (κ1) is 18.7. The molecule has 148 valence electrons. The summed E-state index contributed by atoms with van der Waals surface area (Å²) in [5, 5.41) is 15.5. The normalized spacial score (nSPS) is 16.9. The number of anilines is 2. The van der Waals surface area contributed by atoms with E-state index >= 15 is 0 Å². The lowest BCUT2D eigenvalue weighted by molar-refractivity contribution is -0.384. The molecular formula is C19H23N5O3S. The molecular weight excluding hydrogens is 378 g/mol. The number of thiazole rings is 1. The van der Waals surface area contributed by atoms with Gasteiger partial charge < -0.3 is 15.1 Å². The minimum absolute atomic E-state index is 0.0159. The molecule has 1 saturated heterocycles. The van der Waals surface area contributed by atoms with Gasteiger partial charge in [0, 0.05) is 48.7 Å². The Bertz CT molecular complexity index is 897. The number of amides is 1. The van der Waals surface area contributed by atoms with Gasteiger partial charge in [-0.25, -0.2) is 4.98 Å². The zero-order valence-electron chi connectivity index (χ0n) is 16.0. The van der Waals surface area contributed by atoms with Gasteiger partial charge in [-0.15, -0.1) is 11.3 Å². The van der Waals surface area contributed by atoms with Crippen LogP contribution >= 0.6 is 11.3 Å². The highest BCUT2D eigenvalue weighted by Crippen LogP contribution is 2.32. The summed E-state index contributed by atoms with van der Waals surface area (Å²) in [6, 6.07) is 5.00. The van der Waals surface area contributed by atoms with Crippen molar-refractivity contribution in [3.63, 3.8) is 0 Å². The van der Waals surface area contributed by atoms with Gasteiger partial charge >= 0.3 is 0 Å². The summed E-state index contributed by atoms with van der Waals surface area (Å²) in [5.74, 6) is -0.239. The van der Waals surface area contributed by atoms with Gasteiger partial charge in [0.2, 0.25) is 0 Å². The number of carbonyl (C=O) groups excluding carboxylic acids is 1. The highest BCUT2D eigenvalue weighted by atomic mass is 32.1. The summed E-state index contributed by atoms with van der Waals surface area (Å²) in [4.78, 5) is 33.5. The van der Waals surface area contributed by atoms with Crippen molar-refractivity contribution >= 4 is 33.8 Å². The molecule has 1 saturated carbocycles. The van der Waals surface area contributed by atoms with Crippen molar-refractivity contribution in [3.05, 3.63) is 44.4 Å². The number of nitro groups is 1. The molecule has 28 heavy (non-hydrogen) atoms. The summed E-state index contributed by atoms with van der Waals surface area (Å²) in [5.41, 5.74) is 1.95. The third-order valence-electron chi connectivity index (χ3n) is 5.25. The molecule has 4 rings (SSSR count). The molecule has 0 bridgehead atoms. The maximum atomic E-state index is 12.2. The molecule has 1 N–H and O–H groups in total. The van der Waals surface area contributed by atoms with Crippen LogP contribution in [0.5, 0.6) is 0 Å². The number of nitrogens with one attached hydrogen (secondary N) is 1. The summed E-state index contributed by atoms with van der Waals surface area (Å²) in [6.45, 7) is 6.94. The third kappa shape index (κ3) is 3.80. The molecule has 2 fully saturated rings. The Morgan fingerprint density at radius 2 is 1.89 bits per heavy atom. The van der Waals surface area contributed by atoms with Crippen LogP contribution in [0.3, 0.4) is 0 Å². The number of carbonyl (C=O) groups is 1. The second kappa shape index (κ2) is 7.38. The van der Waals surface area contributed by atoms with E-state index in [1.54, 1.807) is 23.5 Å². The Kier molecular flexibility index (Phi) is 4.92. The number of aromatic nitrogens is 1. The van der Waals surface area contributed by atoms with E-state index in [2.05, 4.69) is 22.1 Å². The second-order valence-corrected chi connectivity index (χ2v) is 8.50. The van der Waals surface area contributed by atoms with E-state index in [0.717, 1.165) is 36.8 Å². The maximum absolute atomic E-state index is 12.2. The van der Waals surface area contributed by atoms with Crippen molar-refractivity contribution in [2.24, 2.45) is 0 Å². The SMILES string of the molecule is Cc1nc(N2CCN(c3ccc(C(=O)NC4CC4)cc3[N+](=O)[O-])CC2)sc1C. The van der Waals surface area contributed by atoms with Crippen LogP contribution in [0.1, 0.15) is 33.8 Å². The fraction of sp³-hybridized carbons (Fsp3) is 0.474. The summed E-state index contributed by atoms with van der Waals surface area (Å²) in [7, 11) is 0. The molecule has 1 amide bonds. The van der Waals surface area contributed by atoms with Gasteiger partial charge in [-0.3, -0.25) is 14.9 Å². The molecule has 2 aromatic rings. The number of piperazine rings is 1. The van der Waals surface area contributed by atoms with E-state index in [0.29, 0.717) is 24.3 Å². The lowest BCUT2D eigenvalue weighted by Gasteiger charge is -2.35. The molecule has 9 heteroatoms. The van der Waals surface area contributed by atoms with Crippen LogP contribution in [0.2, 0.25) is 0 Å². The largest absolute Gasteiger partial charge is 0.362 e. The Morgan fingerprint density at radius 1 is 1.21 bits per heavy atom. The van der Waals surface area contributed by atoms with Crippen LogP contribution in [0, 0.1) is 24.0 Å². The zero-order valence-corrected chi connectivity index (χ0v) is 16.8. The van der Waals surface area contributed by atoms with Crippen LogP contribution in [0.15, 0.2) is 18.2 Å². The number of hydrogen-bond acceptors (Lipinski definition) is 7. The molecule has 1 aliphatic carbocycles. The predicted molar refractivity (Wildman–Crippen MR) is 110 cm³/mol. The van der Waals surface area contributed by atoms with Crippen molar-refractivity contribution in [2.45, 2.75) is 32.7 Å². The van der Waals surface area contributed by atoms with Gasteiger partial charge in [0.15, 0.2) is 5.13 Å². The van der Waals surface area contributed by atoms with Gasteiger partial charge in [-0.05, 0) is 38.8 Å². The molecule has 0 radical (unpaired) electrons. The first-order chi connectivity index (χ1) is 13.4. The van der Waals surface area contributed by atoms with Crippen LogP contribution in [-0.4, -0.2) is 48.0 Å². The lowest BCUT2D eigenvalue weighted by atomic mass is 10.1. The first-order valence-corrected chi connectivity index (χ1v) is 10.3. The molecule has 0 unspecified atom stereocenters. The van der Waals surface area contributed by atoms with E-state index in [9.17, 15) is 14.9 Å². The Morgan fingerprint density at radius 3 is 2.46 bits per heavy atom. The average Bonchev–Trinajstić information content (AvgIpc) is 3.44. The predicted octanol–water partition coefficient (Wildman–Crippen LogP) is 2.89. The minimum Gasteiger partial charge on any atom is -0.362 e. The first-order valence-electron chi connectivity index (χ1n) is 9.45. The third-order valence-corrected chi connectivity index (χ3v) is 6.39. The second-order valence-electron chi connectivity index (χ2n) is 7.32. The molecule has 2 heterocycles. The molecule has 0 atom stereocenters. The molecule has 1 aromatic heterocycles.